The van der Waals surface area contributed by atoms with Crippen molar-refractivity contribution in [2.24, 2.45) is 10.9 Å². The van der Waals surface area contributed by atoms with E-state index in [0.29, 0.717) is 12.4 Å². The van der Waals surface area contributed by atoms with Crippen LogP contribution in [0.25, 0.3) is 0 Å². The number of methoxy groups -OCH3 is 2. The molecular weight excluding hydrogens is 423 g/mol. The molecule has 0 saturated carbocycles. The number of aromatic nitrogens is 1. The number of nitrogens with one attached hydrogen (secondary N) is 1. The van der Waals surface area contributed by atoms with Crippen LogP contribution in [0.5, 0.6) is 5.88 Å². The lowest BCUT2D eigenvalue weighted by Gasteiger charge is -2.33. The number of rotatable bonds is 4. The molecule has 1 aliphatic heterocycles. The van der Waals surface area contributed by atoms with E-state index in [0.717, 1.165) is 37.5 Å². The Morgan fingerprint density at radius 2 is 2.12 bits per heavy atom. The molecule has 0 spiro atoms. The predicted octanol–water partition coefficient (Wildman–Crippen LogP) is 1.67. The van der Waals surface area contributed by atoms with Crippen molar-refractivity contribution in [1.82, 2.24) is 15.2 Å². The second kappa shape index (κ2) is 10.3. The van der Waals surface area contributed by atoms with Crippen LogP contribution in [0.4, 0.5) is 0 Å². The Labute approximate surface area is 159 Å². The minimum Gasteiger partial charge on any atom is -0.481 e. The van der Waals surface area contributed by atoms with E-state index < -0.39 is 0 Å². The molecule has 2 heterocycles. The molecule has 0 unspecified atom stereocenters. The third kappa shape index (κ3) is 5.50. The van der Waals surface area contributed by atoms with Gasteiger partial charge in [0, 0.05) is 38.9 Å². The number of likely N-dealkylation sites (tertiary alicyclic amines) is 1. The minimum absolute atomic E-state index is 0. The molecule has 7 nitrogen and oxygen atoms in total. The van der Waals surface area contributed by atoms with Gasteiger partial charge < -0.3 is 19.7 Å². The van der Waals surface area contributed by atoms with Gasteiger partial charge in [-0.3, -0.25) is 9.79 Å². The van der Waals surface area contributed by atoms with Crippen molar-refractivity contribution in [3.63, 3.8) is 0 Å². The van der Waals surface area contributed by atoms with Crippen molar-refractivity contribution in [3.8, 4) is 5.88 Å². The summed E-state index contributed by atoms with van der Waals surface area (Å²) in [6.45, 7) is 2.22. The van der Waals surface area contributed by atoms with E-state index in [-0.39, 0.29) is 35.9 Å². The van der Waals surface area contributed by atoms with Crippen molar-refractivity contribution in [1.29, 1.82) is 0 Å². The van der Waals surface area contributed by atoms with Gasteiger partial charge in [-0.15, -0.1) is 24.0 Å². The molecule has 0 aliphatic carbocycles. The Kier molecular flexibility index (Phi) is 8.80. The molecule has 0 amide bonds. The van der Waals surface area contributed by atoms with Crippen LogP contribution in [0.1, 0.15) is 18.4 Å². The zero-order valence-corrected chi connectivity index (χ0v) is 16.6. The van der Waals surface area contributed by atoms with E-state index in [1.165, 1.54) is 7.11 Å². The van der Waals surface area contributed by atoms with Crippen molar-refractivity contribution in [3.05, 3.63) is 23.9 Å². The molecule has 1 aromatic rings. The number of hydrogen-bond acceptors (Lipinski definition) is 5. The second-order valence-corrected chi connectivity index (χ2v) is 5.39. The summed E-state index contributed by atoms with van der Waals surface area (Å²) < 4.78 is 9.94. The third-order valence-electron chi connectivity index (χ3n) is 4.00. The van der Waals surface area contributed by atoms with Gasteiger partial charge in [0.25, 0.3) is 0 Å². The van der Waals surface area contributed by atoms with Gasteiger partial charge in [-0.25, -0.2) is 4.98 Å². The quantitative estimate of drug-likeness (QED) is 0.327. The zero-order chi connectivity index (χ0) is 16.7. The number of pyridine rings is 1. The first-order chi connectivity index (χ1) is 11.2. The van der Waals surface area contributed by atoms with Crippen LogP contribution in [0.15, 0.2) is 23.3 Å². The molecule has 1 aromatic heterocycles. The summed E-state index contributed by atoms with van der Waals surface area (Å²) >= 11 is 0. The number of ether oxygens (including phenoxy) is 2. The second-order valence-electron chi connectivity index (χ2n) is 5.39. The average Bonchev–Trinajstić information content (AvgIpc) is 2.62. The number of nitrogens with zero attached hydrogens (tertiary/aromatic N) is 3. The molecule has 1 N–H and O–H groups in total. The van der Waals surface area contributed by atoms with E-state index >= 15 is 0 Å². The summed E-state index contributed by atoms with van der Waals surface area (Å²) in [4.78, 5) is 22.2. The summed E-state index contributed by atoms with van der Waals surface area (Å²) in [6, 6.07) is 3.83. The molecule has 134 valence electrons. The molecular formula is C16H25IN4O3. The van der Waals surface area contributed by atoms with Gasteiger partial charge in [0.15, 0.2) is 5.96 Å². The first-order valence-electron chi connectivity index (χ1n) is 7.70. The lowest BCUT2D eigenvalue weighted by Crippen LogP contribution is -2.46. The van der Waals surface area contributed by atoms with Crippen LogP contribution in [0.3, 0.4) is 0 Å². The van der Waals surface area contributed by atoms with Gasteiger partial charge in [0.05, 0.1) is 20.1 Å². The zero-order valence-electron chi connectivity index (χ0n) is 14.3. The SMILES string of the molecule is CN=C(NCc1ccnc(OC)c1)N1CCC(C(=O)OC)CC1.I. The molecule has 2 rings (SSSR count). The van der Waals surface area contributed by atoms with Crippen molar-refractivity contribution < 1.29 is 14.3 Å². The fourth-order valence-electron chi connectivity index (χ4n) is 2.68. The molecule has 0 bridgehead atoms. The average molecular weight is 448 g/mol. The van der Waals surface area contributed by atoms with Gasteiger partial charge >= 0.3 is 5.97 Å². The minimum atomic E-state index is -0.114. The maximum Gasteiger partial charge on any atom is 0.308 e. The van der Waals surface area contributed by atoms with Gasteiger partial charge in [0.2, 0.25) is 5.88 Å². The highest BCUT2D eigenvalue weighted by atomic mass is 127. The van der Waals surface area contributed by atoms with E-state index in [1.54, 1.807) is 20.4 Å². The number of carbonyl (C=O) groups is 1. The molecule has 8 heteroatoms. The summed E-state index contributed by atoms with van der Waals surface area (Å²) in [6.07, 6.45) is 3.30. The Bertz CT molecular complexity index is 560. The van der Waals surface area contributed by atoms with Gasteiger partial charge in [-0.05, 0) is 24.5 Å². The smallest absolute Gasteiger partial charge is 0.308 e. The van der Waals surface area contributed by atoms with E-state index in [1.807, 2.05) is 12.1 Å². The van der Waals surface area contributed by atoms with Crippen molar-refractivity contribution >= 4 is 35.9 Å². The first kappa shape index (κ1) is 20.5. The van der Waals surface area contributed by atoms with Gasteiger partial charge in [0.1, 0.15) is 0 Å². The Morgan fingerprint density at radius 3 is 2.71 bits per heavy atom. The Hall–Kier alpha value is -1.58. The molecule has 1 aliphatic rings. The van der Waals surface area contributed by atoms with Crippen LogP contribution >= 0.6 is 24.0 Å². The number of guanidine groups is 1. The van der Waals surface area contributed by atoms with Gasteiger partial charge in [-0.2, -0.15) is 0 Å². The fourth-order valence-corrected chi connectivity index (χ4v) is 2.68. The maximum atomic E-state index is 11.6. The highest BCUT2D eigenvalue weighted by Gasteiger charge is 2.26. The number of hydrogen-bond donors (Lipinski definition) is 1. The third-order valence-corrected chi connectivity index (χ3v) is 4.00. The first-order valence-corrected chi connectivity index (χ1v) is 7.70. The predicted molar refractivity (Wildman–Crippen MR) is 103 cm³/mol. The highest BCUT2D eigenvalue weighted by molar-refractivity contribution is 14.0. The molecule has 0 aromatic carbocycles. The van der Waals surface area contributed by atoms with Crippen LogP contribution in [-0.4, -0.2) is 56.2 Å². The Morgan fingerprint density at radius 1 is 1.42 bits per heavy atom. The monoisotopic (exact) mass is 448 g/mol. The number of carbonyl (C=O) groups excluding carboxylic acids is 1. The molecule has 0 atom stereocenters. The van der Waals surface area contributed by atoms with Crippen molar-refractivity contribution in [2.45, 2.75) is 19.4 Å². The summed E-state index contributed by atoms with van der Waals surface area (Å²) in [5.41, 5.74) is 1.07. The Balaban J connectivity index is 0.00000288. The standard InChI is InChI=1S/C16H24N4O3.HI/c1-17-16(19-11-12-4-7-18-14(10-12)22-2)20-8-5-13(6-9-20)15(21)23-3;/h4,7,10,13H,5-6,8-9,11H2,1-3H3,(H,17,19);1H. The van der Waals surface area contributed by atoms with E-state index in [2.05, 4.69) is 20.2 Å². The molecule has 0 radical (unpaired) electrons. The van der Waals surface area contributed by atoms with Crippen LogP contribution < -0.4 is 10.1 Å². The number of piperidine rings is 1. The number of esters is 1. The fraction of sp³-hybridized carbons (Fsp3) is 0.562. The molecule has 1 fully saturated rings. The summed E-state index contributed by atoms with van der Waals surface area (Å²) in [5, 5.41) is 3.34. The summed E-state index contributed by atoms with van der Waals surface area (Å²) in [5.74, 6) is 1.32. The number of halogens is 1. The van der Waals surface area contributed by atoms with Crippen LogP contribution in [0, 0.1) is 5.92 Å². The lowest BCUT2D eigenvalue weighted by molar-refractivity contribution is -0.146. The maximum absolute atomic E-state index is 11.6. The normalized spacial score (nSPS) is 15.5. The van der Waals surface area contributed by atoms with Crippen molar-refractivity contribution in [2.75, 3.05) is 34.4 Å². The van der Waals surface area contributed by atoms with E-state index in [9.17, 15) is 4.79 Å². The largest absolute Gasteiger partial charge is 0.481 e. The molecule has 24 heavy (non-hydrogen) atoms. The summed E-state index contributed by atoms with van der Waals surface area (Å²) in [7, 11) is 4.81. The highest BCUT2D eigenvalue weighted by Crippen LogP contribution is 2.18. The topological polar surface area (TPSA) is 76.1 Å². The molecule has 1 saturated heterocycles. The van der Waals surface area contributed by atoms with Crippen LogP contribution in [0.2, 0.25) is 0 Å². The number of aliphatic imine (C=N–C) groups is 1. The van der Waals surface area contributed by atoms with Crippen LogP contribution in [-0.2, 0) is 16.1 Å². The van der Waals surface area contributed by atoms with Gasteiger partial charge in [-0.1, -0.05) is 0 Å². The lowest BCUT2D eigenvalue weighted by atomic mass is 9.97. The van der Waals surface area contributed by atoms with E-state index in [4.69, 9.17) is 9.47 Å².